The first-order valence-corrected chi connectivity index (χ1v) is 11.4. The van der Waals surface area contributed by atoms with Crippen LogP contribution in [0.2, 0.25) is 0 Å². The number of nitrogen functional groups attached to an aromatic ring is 1. The van der Waals surface area contributed by atoms with Crippen LogP contribution in [0.15, 0.2) is 65.3 Å². The maximum atomic E-state index is 15.0. The maximum Gasteiger partial charge on any atom is 0.247 e. The normalized spacial score (nSPS) is 11.0. The molecule has 0 saturated heterocycles. The third kappa shape index (κ3) is 4.74. The van der Waals surface area contributed by atoms with Crippen molar-refractivity contribution in [1.29, 1.82) is 0 Å². The predicted molar refractivity (Wildman–Crippen MR) is 134 cm³/mol. The molecule has 2 heterocycles. The lowest BCUT2D eigenvalue weighted by Crippen LogP contribution is -2.01. The number of anilines is 3. The van der Waals surface area contributed by atoms with E-state index in [-0.39, 0.29) is 5.69 Å². The zero-order valence-electron chi connectivity index (χ0n) is 19.7. The lowest BCUT2D eigenvalue weighted by molar-refractivity contribution is 0.342. The van der Waals surface area contributed by atoms with Gasteiger partial charge in [-0.2, -0.15) is 0 Å². The molecule has 9 nitrogen and oxygen atoms in total. The molecule has 3 N–H and O–H groups in total. The summed E-state index contributed by atoms with van der Waals surface area (Å²) in [5.74, 6) is 2.22. The van der Waals surface area contributed by atoms with Crippen LogP contribution in [0.5, 0.6) is 17.2 Å². The van der Waals surface area contributed by atoms with E-state index in [0.717, 1.165) is 0 Å². The number of hydrogen-bond donors (Lipinski definition) is 2. The monoisotopic (exact) mass is 486 g/mol. The summed E-state index contributed by atoms with van der Waals surface area (Å²) in [6.07, 6.45) is 2.04. The summed E-state index contributed by atoms with van der Waals surface area (Å²) in [5.41, 5.74) is 8.10. The fourth-order valence-corrected chi connectivity index (χ4v) is 3.61. The summed E-state index contributed by atoms with van der Waals surface area (Å²) in [7, 11) is 0. The summed E-state index contributed by atoms with van der Waals surface area (Å²) in [6.45, 7) is 4.29. The Morgan fingerprint density at radius 2 is 1.86 bits per heavy atom. The highest BCUT2D eigenvalue weighted by Gasteiger charge is 2.13. The predicted octanol–water partition coefficient (Wildman–Crippen LogP) is 5.90. The van der Waals surface area contributed by atoms with Crippen molar-refractivity contribution in [1.82, 2.24) is 20.2 Å². The Labute approximate surface area is 206 Å². The van der Waals surface area contributed by atoms with Crippen LogP contribution in [0.4, 0.5) is 21.6 Å². The van der Waals surface area contributed by atoms with E-state index in [4.69, 9.17) is 19.6 Å². The zero-order chi connectivity index (χ0) is 25.1. The smallest absolute Gasteiger partial charge is 0.247 e. The fourth-order valence-electron chi connectivity index (χ4n) is 3.61. The molecule has 0 aliphatic rings. The molecule has 5 aromatic rings. The molecule has 0 saturated carbocycles. The molecule has 36 heavy (non-hydrogen) atoms. The molecule has 0 radical (unpaired) electrons. The van der Waals surface area contributed by atoms with Gasteiger partial charge in [-0.15, -0.1) is 10.2 Å². The van der Waals surface area contributed by atoms with Crippen LogP contribution in [0, 0.1) is 5.82 Å². The first-order chi connectivity index (χ1) is 17.5. The molecule has 0 aliphatic carbocycles. The molecule has 10 heteroatoms. The molecule has 182 valence electrons. The number of aromatic nitrogens is 4. The number of nitrogens with zero attached hydrogens (tertiary/aromatic N) is 4. The highest BCUT2D eigenvalue weighted by atomic mass is 19.1. The van der Waals surface area contributed by atoms with E-state index in [9.17, 15) is 0 Å². The van der Waals surface area contributed by atoms with Gasteiger partial charge in [0.1, 0.15) is 35.2 Å². The number of hydrogen-bond acceptors (Lipinski definition) is 9. The molecule has 5 rings (SSSR count). The summed E-state index contributed by atoms with van der Waals surface area (Å²) in [4.78, 5) is 8.53. The molecule has 3 aromatic carbocycles. The molecule has 0 fully saturated rings. The first kappa shape index (κ1) is 23.0. The molecule has 0 bridgehead atoms. The number of benzene rings is 3. The van der Waals surface area contributed by atoms with Crippen molar-refractivity contribution in [3.05, 3.63) is 72.6 Å². The van der Waals surface area contributed by atoms with Crippen molar-refractivity contribution in [3.8, 4) is 28.7 Å². The van der Waals surface area contributed by atoms with Gasteiger partial charge in [0.15, 0.2) is 0 Å². The van der Waals surface area contributed by atoms with E-state index in [1.807, 2.05) is 19.9 Å². The van der Waals surface area contributed by atoms with Gasteiger partial charge in [0.05, 0.1) is 23.5 Å². The maximum absolute atomic E-state index is 15.0. The van der Waals surface area contributed by atoms with Crippen LogP contribution in [0.3, 0.4) is 0 Å². The van der Waals surface area contributed by atoms with E-state index in [0.29, 0.717) is 70.0 Å². The van der Waals surface area contributed by atoms with Crippen LogP contribution in [0.1, 0.15) is 19.7 Å². The average molecular weight is 487 g/mol. The van der Waals surface area contributed by atoms with Crippen LogP contribution in [-0.2, 0) is 6.42 Å². The molecule has 0 unspecified atom stereocenters. The summed E-state index contributed by atoms with van der Waals surface area (Å²) < 4.78 is 32.0. The van der Waals surface area contributed by atoms with Crippen molar-refractivity contribution in [3.63, 3.8) is 0 Å². The third-order valence-electron chi connectivity index (χ3n) is 5.35. The minimum Gasteiger partial charge on any atom is -0.492 e. The van der Waals surface area contributed by atoms with Gasteiger partial charge >= 0.3 is 0 Å². The summed E-state index contributed by atoms with van der Waals surface area (Å²) >= 11 is 0. The Balaban J connectivity index is 1.36. The van der Waals surface area contributed by atoms with Gasteiger partial charge in [-0.25, -0.2) is 14.4 Å². The second-order valence-corrected chi connectivity index (χ2v) is 7.81. The van der Waals surface area contributed by atoms with Gasteiger partial charge in [0.25, 0.3) is 0 Å². The van der Waals surface area contributed by atoms with Crippen LogP contribution in [0.25, 0.3) is 22.4 Å². The minimum absolute atomic E-state index is 0.224. The molecular formula is C26H23FN6O3. The van der Waals surface area contributed by atoms with Crippen LogP contribution >= 0.6 is 0 Å². The Kier molecular flexibility index (Phi) is 6.31. The van der Waals surface area contributed by atoms with Gasteiger partial charge in [-0.05, 0) is 43.3 Å². The quantitative estimate of drug-likeness (QED) is 0.258. The summed E-state index contributed by atoms with van der Waals surface area (Å²) in [6, 6.07) is 15.1. The van der Waals surface area contributed by atoms with E-state index in [1.165, 1.54) is 12.4 Å². The van der Waals surface area contributed by atoms with Gasteiger partial charge in [0.2, 0.25) is 11.8 Å². The number of nitrogens with two attached hydrogens (primary N) is 1. The van der Waals surface area contributed by atoms with Crippen LogP contribution in [-0.4, -0.2) is 26.8 Å². The first-order valence-electron chi connectivity index (χ1n) is 11.4. The minimum atomic E-state index is -0.515. The highest BCUT2D eigenvalue weighted by Crippen LogP contribution is 2.33. The van der Waals surface area contributed by atoms with Crippen molar-refractivity contribution in [2.75, 3.05) is 17.7 Å². The topological polar surface area (TPSA) is 121 Å². The molecule has 0 amide bonds. The van der Waals surface area contributed by atoms with Gasteiger partial charge in [0, 0.05) is 29.5 Å². The Morgan fingerprint density at radius 3 is 2.64 bits per heavy atom. The number of nitrogens with one attached hydrogen (secondary N) is 1. The second kappa shape index (κ2) is 9.87. The van der Waals surface area contributed by atoms with Gasteiger partial charge < -0.3 is 24.9 Å². The van der Waals surface area contributed by atoms with E-state index in [2.05, 4.69) is 25.5 Å². The van der Waals surface area contributed by atoms with E-state index in [1.54, 1.807) is 42.5 Å². The third-order valence-corrected chi connectivity index (χ3v) is 5.35. The number of halogens is 1. The fraction of sp³-hybridized carbons (Fsp3) is 0.154. The number of rotatable bonds is 8. The Morgan fingerprint density at radius 1 is 1.00 bits per heavy atom. The summed E-state index contributed by atoms with van der Waals surface area (Å²) in [5, 5.41) is 11.7. The van der Waals surface area contributed by atoms with Crippen molar-refractivity contribution in [2.45, 2.75) is 20.3 Å². The molecule has 2 aromatic heterocycles. The Hall–Kier alpha value is -4.73. The van der Waals surface area contributed by atoms with Gasteiger partial charge in [-0.1, -0.05) is 13.0 Å². The lowest BCUT2D eigenvalue weighted by Gasteiger charge is -2.13. The van der Waals surface area contributed by atoms with Gasteiger partial charge in [-0.3, -0.25) is 0 Å². The Bertz CT molecular complexity index is 1540. The van der Waals surface area contributed by atoms with E-state index < -0.39 is 5.82 Å². The molecule has 0 atom stereocenters. The number of ether oxygens (including phenoxy) is 2. The largest absolute Gasteiger partial charge is 0.492 e. The van der Waals surface area contributed by atoms with Crippen molar-refractivity contribution < 1.29 is 18.3 Å². The number of fused-ring (bicyclic) bond motifs is 1. The molecule has 0 spiro atoms. The van der Waals surface area contributed by atoms with E-state index >= 15 is 4.39 Å². The standard InChI is InChI=1S/C26H23FN6O3/c1-3-24-32-33-26(36-24)15-6-5-7-16(10-15)35-17-8-9-21(19(27)11-17)31-25-18-12-20(28)23(34-4-2)13-22(18)29-14-30-25/h5-14H,3-4,28H2,1-2H3,(H,29,30,31). The van der Waals surface area contributed by atoms with Crippen molar-refractivity contribution >= 4 is 28.1 Å². The molecule has 0 aliphatic heterocycles. The highest BCUT2D eigenvalue weighted by molar-refractivity contribution is 5.94. The second-order valence-electron chi connectivity index (χ2n) is 7.81. The average Bonchev–Trinajstić information content (AvgIpc) is 3.36. The molecular weight excluding hydrogens is 463 g/mol. The van der Waals surface area contributed by atoms with Crippen LogP contribution < -0.4 is 20.5 Å². The lowest BCUT2D eigenvalue weighted by atomic mass is 10.2. The SMILES string of the molecule is CCOc1cc2ncnc(Nc3ccc(Oc4cccc(-c5nnc(CC)o5)c4)cc3F)c2cc1N. The van der Waals surface area contributed by atoms with Crippen molar-refractivity contribution in [2.24, 2.45) is 0 Å². The number of aryl methyl sites for hydroxylation is 1. The zero-order valence-corrected chi connectivity index (χ0v) is 19.7.